The van der Waals surface area contributed by atoms with E-state index in [0.717, 1.165) is 5.06 Å². The molecule has 0 aliphatic rings. The monoisotopic (exact) mass is 419 g/mol. The van der Waals surface area contributed by atoms with Crippen molar-refractivity contribution in [2.24, 2.45) is 0 Å². The van der Waals surface area contributed by atoms with Crippen molar-refractivity contribution in [1.82, 2.24) is 15.7 Å². The number of Topliss-reactive ketones (excluding diaryl/α,β-unsaturated/α-hetero) is 1. The molecule has 0 saturated carbocycles. The molecule has 0 spiro atoms. The second-order valence-corrected chi connectivity index (χ2v) is 8.36. The lowest BCUT2D eigenvalue weighted by atomic mass is 10.2. The van der Waals surface area contributed by atoms with Crippen LogP contribution in [0.25, 0.3) is 0 Å². The minimum atomic E-state index is -0.695. The van der Waals surface area contributed by atoms with Crippen LogP contribution in [0.5, 0.6) is 0 Å². The molecule has 0 bridgehead atoms. The number of ether oxygens (including phenoxy) is 2. The molecule has 0 saturated heterocycles. The van der Waals surface area contributed by atoms with Gasteiger partial charge in [-0.1, -0.05) is 0 Å². The summed E-state index contributed by atoms with van der Waals surface area (Å²) in [6.45, 7) is 15.2. The number of ketones is 1. The lowest BCUT2D eigenvalue weighted by Gasteiger charge is -2.23. The van der Waals surface area contributed by atoms with Gasteiger partial charge in [0.05, 0.1) is 13.2 Å². The molecule has 0 fully saturated rings. The van der Waals surface area contributed by atoms with Crippen LogP contribution in [0.15, 0.2) is 0 Å². The third-order valence-electron chi connectivity index (χ3n) is 3.03. The van der Waals surface area contributed by atoms with E-state index in [2.05, 4.69) is 10.6 Å². The molecule has 0 rings (SSSR count). The Morgan fingerprint density at radius 3 is 1.41 bits per heavy atom. The van der Waals surface area contributed by atoms with Gasteiger partial charge in [-0.2, -0.15) is 0 Å². The van der Waals surface area contributed by atoms with Crippen LogP contribution < -0.4 is 10.6 Å². The number of carbonyl (C=O) groups excluding carboxylic acids is 4. The van der Waals surface area contributed by atoms with Crippen LogP contribution in [0.1, 0.15) is 62.3 Å². The summed E-state index contributed by atoms with van der Waals surface area (Å²) in [6, 6.07) is -1.19. The van der Waals surface area contributed by atoms with Gasteiger partial charge in [0.2, 0.25) is 0 Å². The number of rotatable bonds is 5. The topological polar surface area (TPSA) is 123 Å². The van der Waals surface area contributed by atoms with Gasteiger partial charge in [0.15, 0.2) is 5.78 Å². The van der Waals surface area contributed by atoms with Crippen LogP contribution in [-0.4, -0.2) is 66.4 Å². The molecule has 29 heavy (non-hydrogen) atoms. The molecule has 0 aromatic carbocycles. The lowest BCUT2D eigenvalue weighted by Crippen LogP contribution is -2.46. The maximum Gasteiger partial charge on any atom is 0.408 e. The highest BCUT2D eigenvalue weighted by atomic mass is 16.7. The van der Waals surface area contributed by atoms with Crippen molar-refractivity contribution in [3.8, 4) is 0 Å². The Morgan fingerprint density at radius 2 is 1.14 bits per heavy atom. The van der Waals surface area contributed by atoms with Crippen LogP contribution >= 0.6 is 0 Å². The van der Waals surface area contributed by atoms with Crippen molar-refractivity contribution in [2.45, 2.75) is 85.6 Å². The average Bonchev–Trinajstić information content (AvgIpc) is 2.49. The number of nitrogens with one attached hydrogen (secondary N) is 2. The maximum atomic E-state index is 11.5. The highest BCUT2D eigenvalue weighted by Crippen LogP contribution is 2.07. The van der Waals surface area contributed by atoms with Crippen LogP contribution in [-0.2, 0) is 23.9 Å². The third-order valence-corrected chi connectivity index (χ3v) is 3.03. The van der Waals surface area contributed by atoms with E-state index in [1.54, 1.807) is 55.4 Å². The first-order valence-corrected chi connectivity index (χ1v) is 9.20. The Hall–Kier alpha value is -2.36. The molecule has 0 unspecified atom stereocenters. The smallest absolute Gasteiger partial charge is 0.408 e. The first-order chi connectivity index (χ1) is 12.9. The number of carbonyl (C=O) groups is 4. The standard InChI is InChI=1S/C10H20N2O4.C9H17NO3/c1-7(8(13)12(5)15-6)11-9(14)16-10(2,3)4;1-6(7(2)11)10-8(12)13-9(3,4)5/h7H,1-6H3,(H,11,14);6H,1-5H3,(H,10,12)/t7-;6-/m11/s1. The molecule has 0 aromatic rings. The summed E-state index contributed by atoms with van der Waals surface area (Å²) in [5.74, 6) is -0.445. The summed E-state index contributed by atoms with van der Waals surface area (Å²) in [5, 5.41) is 5.89. The van der Waals surface area contributed by atoms with Gasteiger partial charge in [-0.15, -0.1) is 0 Å². The summed E-state index contributed by atoms with van der Waals surface area (Å²) < 4.78 is 9.97. The highest BCUT2D eigenvalue weighted by Gasteiger charge is 2.23. The van der Waals surface area contributed by atoms with Crippen LogP contribution in [0, 0.1) is 0 Å². The Kier molecular flexibility index (Phi) is 12.2. The van der Waals surface area contributed by atoms with Crippen molar-refractivity contribution >= 4 is 23.9 Å². The summed E-state index contributed by atoms with van der Waals surface area (Å²) >= 11 is 0. The van der Waals surface area contributed by atoms with Crippen LogP contribution in [0.3, 0.4) is 0 Å². The van der Waals surface area contributed by atoms with E-state index in [1.165, 1.54) is 21.1 Å². The summed E-state index contributed by atoms with van der Waals surface area (Å²) in [7, 11) is 2.84. The van der Waals surface area contributed by atoms with Crippen molar-refractivity contribution < 1.29 is 33.5 Å². The van der Waals surface area contributed by atoms with E-state index < -0.39 is 35.5 Å². The fourth-order valence-electron chi connectivity index (χ4n) is 1.49. The number of hydroxylamine groups is 2. The van der Waals surface area contributed by atoms with Gasteiger partial charge in [-0.05, 0) is 62.3 Å². The van der Waals surface area contributed by atoms with Gasteiger partial charge in [0.1, 0.15) is 17.2 Å². The zero-order valence-corrected chi connectivity index (χ0v) is 19.5. The van der Waals surface area contributed by atoms with Crippen molar-refractivity contribution in [1.29, 1.82) is 0 Å². The highest BCUT2D eigenvalue weighted by molar-refractivity contribution is 5.85. The number of alkyl carbamates (subject to hydrolysis) is 2. The molecule has 0 aliphatic carbocycles. The Labute approximate surface area is 173 Å². The molecule has 2 N–H and O–H groups in total. The third kappa shape index (κ3) is 16.3. The van der Waals surface area contributed by atoms with E-state index in [9.17, 15) is 19.2 Å². The molecule has 0 aromatic heterocycles. The quantitative estimate of drug-likeness (QED) is 0.656. The van der Waals surface area contributed by atoms with E-state index >= 15 is 0 Å². The molecule has 170 valence electrons. The normalized spacial score (nSPS) is 13.1. The van der Waals surface area contributed by atoms with E-state index in [1.807, 2.05) is 0 Å². The van der Waals surface area contributed by atoms with Gasteiger partial charge in [-0.25, -0.2) is 14.7 Å². The van der Waals surface area contributed by atoms with E-state index in [0.29, 0.717) is 0 Å². The van der Waals surface area contributed by atoms with Gasteiger partial charge in [0.25, 0.3) is 5.91 Å². The molecule has 0 radical (unpaired) electrons. The molecule has 2 atom stereocenters. The number of hydrogen-bond donors (Lipinski definition) is 2. The molecule has 3 amide bonds. The predicted molar refractivity (Wildman–Crippen MR) is 108 cm³/mol. The van der Waals surface area contributed by atoms with Crippen molar-refractivity contribution in [2.75, 3.05) is 14.2 Å². The minimum absolute atomic E-state index is 0.0918. The second kappa shape index (κ2) is 12.3. The lowest BCUT2D eigenvalue weighted by molar-refractivity contribution is -0.170. The van der Waals surface area contributed by atoms with Gasteiger partial charge in [-0.3, -0.25) is 14.4 Å². The Balaban J connectivity index is 0. The SMILES string of the molecule is CC(=O)[C@@H](C)NC(=O)OC(C)(C)C.CON(C)C(=O)[C@@H](C)NC(=O)OC(C)(C)C. The summed E-state index contributed by atoms with van der Waals surface area (Å²) in [4.78, 5) is 49.4. The Bertz CT molecular complexity index is 565. The largest absolute Gasteiger partial charge is 0.444 e. The number of nitrogens with zero attached hydrogens (tertiary/aromatic N) is 1. The predicted octanol–water partition coefficient (Wildman–Crippen LogP) is 2.41. The minimum Gasteiger partial charge on any atom is -0.444 e. The summed E-state index contributed by atoms with van der Waals surface area (Å²) in [5.41, 5.74) is -1.11. The second-order valence-electron chi connectivity index (χ2n) is 8.36. The van der Waals surface area contributed by atoms with E-state index in [4.69, 9.17) is 14.3 Å². The first-order valence-electron chi connectivity index (χ1n) is 9.20. The fourth-order valence-corrected chi connectivity index (χ4v) is 1.49. The molecule has 0 aliphatic heterocycles. The van der Waals surface area contributed by atoms with Crippen molar-refractivity contribution in [3.63, 3.8) is 0 Å². The van der Waals surface area contributed by atoms with Gasteiger partial charge >= 0.3 is 12.2 Å². The van der Waals surface area contributed by atoms with Crippen LogP contribution in [0.4, 0.5) is 9.59 Å². The molecule has 10 nitrogen and oxygen atoms in total. The number of likely N-dealkylation sites (N-methyl/N-ethyl adjacent to an activating group) is 1. The zero-order chi connectivity index (χ0) is 23.6. The average molecular weight is 420 g/mol. The molecular formula is C19H37N3O7. The van der Waals surface area contributed by atoms with E-state index in [-0.39, 0.29) is 11.7 Å². The number of amides is 3. The Morgan fingerprint density at radius 1 is 0.793 bits per heavy atom. The first kappa shape index (κ1) is 28.8. The molecule has 10 heteroatoms. The molecular weight excluding hydrogens is 382 g/mol. The zero-order valence-electron chi connectivity index (χ0n) is 19.5. The molecule has 0 heterocycles. The van der Waals surface area contributed by atoms with Crippen LogP contribution in [0.2, 0.25) is 0 Å². The van der Waals surface area contributed by atoms with Gasteiger partial charge < -0.3 is 20.1 Å². The summed E-state index contributed by atoms with van der Waals surface area (Å²) in [6.07, 6.45) is -1.19. The number of hydrogen-bond acceptors (Lipinski definition) is 7. The fraction of sp³-hybridized carbons (Fsp3) is 0.789. The van der Waals surface area contributed by atoms with Gasteiger partial charge in [0, 0.05) is 7.05 Å². The van der Waals surface area contributed by atoms with Crippen molar-refractivity contribution in [3.05, 3.63) is 0 Å². The maximum absolute atomic E-state index is 11.5.